The van der Waals surface area contributed by atoms with Crippen molar-refractivity contribution in [1.82, 2.24) is 15.5 Å². The second-order valence-corrected chi connectivity index (χ2v) is 9.55. The first-order valence-corrected chi connectivity index (χ1v) is 13.5. The number of ether oxygens (including phenoxy) is 1. The molecule has 0 bridgehead atoms. The van der Waals surface area contributed by atoms with E-state index in [-0.39, 0.29) is 30.8 Å². The van der Waals surface area contributed by atoms with Crippen LogP contribution in [0.3, 0.4) is 0 Å². The molecule has 3 amide bonds. The lowest BCUT2D eigenvalue weighted by atomic mass is 10.0. The van der Waals surface area contributed by atoms with Crippen molar-refractivity contribution in [1.29, 1.82) is 0 Å². The van der Waals surface area contributed by atoms with Gasteiger partial charge in [0.1, 0.15) is 6.04 Å². The molecule has 2 N–H and O–H groups in total. The molecule has 1 saturated heterocycles. The van der Waals surface area contributed by atoms with Crippen molar-refractivity contribution in [2.75, 3.05) is 26.7 Å². The summed E-state index contributed by atoms with van der Waals surface area (Å²) in [5.74, 6) is -1.24. The third-order valence-electron chi connectivity index (χ3n) is 6.60. The number of rotatable bonds is 17. The van der Waals surface area contributed by atoms with Gasteiger partial charge < -0.3 is 20.3 Å². The average molecular weight is 502 g/mol. The molecule has 0 unspecified atom stereocenters. The van der Waals surface area contributed by atoms with Crippen LogP contribution in [-0.4, -0.2) is 61.4 Å². The van der Waals surface area contributed by atoms with Crippen molar-refractivity contribution in [3.05, 3.63) is 35.4 Å². The highest BCUT2D eigenvalue weighted by Gasteiger charge is 2.32. The zero-order valence-corrected chi connectivity index (χ0v) is 22.0. The molecule has 0 aliphatic carbocycles. The highest BCUT2D eigenvalue weighted by molar-refractivity contribution is 5.98. The molecule has 1 atom stereocenters. The Morgan fingerprint density at radius 1 is 0.889 bits per heavy atom. The number of piperazine rings is 1. The molecule has 0 saturated carbocycles. The van der Waals surface area contributed by atoms with E-state index in [1.807, 2.05) is 0 Å². The summed E-state index contributed by atoms with van der Waals surface area (Å²) in [4.78, 5) is 50.5. The Morgan fingerprint density at radius 3 is 1.97 bits per heavy atom. The molecule has 200 valence electrons. The van der Waals surface area contributed by atoms with Crippen molar-refractivity contribution < 1.29 is 23.9 Å². The summed E-state index contributed by atoms with van der Waals surface area (Å²) in [6.07, 6.45) is 14.9. The van der Waals surface area contributed by atoms with E-state index in [0.29, 0.717) is 17.7 Å². The van der Waals surface area contributed by atoms with Gasteiger partial charge in [0, 0.05) is 18.7 Å². The maximum Gasteiger partial charge on any atom is 0.337 e. The van der Waals surface area contributed by atoms with Gasteiger partial charge in [-0.1, -0.05) is 77.6 Å². The number of carbonyl (C=O) groups is 4. The van der Waals surface area contributed by atoms with E-state index in [9.17, 15) is 19.2 Å². The molecule has 0 spiro atoms. The molecular weight excluding hydrogens is 458 g/mol. The van der Waals surface area contributed by atoms with Crippen molar-refractivity contribution in [3.63, 3.8) is 0 Å². The SMILES string of the molecule is CCCCCCCCCCCCCCN1CC(=O)N[C@@H](CNC(=O)c2ccc(C(=O)OC)cc2)C1=O. The molecule has 1 heterocycles. The van der Waals surface area contributed by atoms with E-state index in [4.69, 9.17) is 0 Å². The van der Waals surface area contributed by atoms with Crippen molar-refractivity contribution in [3.8, 4) is 0 Å². The first-order chi connectivity index (χ1) is 17.5. The van der Waals surface area contributed by atoms with Gasteiger partial charge in [-0.3, -0.25) is 14.4 Å². The van der Waals surface area contributed by atoms with Gasteiger partial charge in [-0.05, 0) is 30.7 Å². The second-order valence-electron chi connectivity index (χ2n) is 9.55. The predicted octanol–water partition coefficient (Wildman–Crippen LogP) is 4.23. The Labute approximate surface area is 215 Å². The van der Waals surface area contributed by atoms with E-state index < -0.39 is 12.0 Å². The van der Waals surface area contributed by atoms with E-state index in [1.165, 1.54) is 89.2 Å². The molecule has 1 aliphatic heterocycles. The van der Waals surface area contributed by atoms with Crippen LogP contribution in [0.2, 0.25) is 0 Å². The van der Waals surface area contributed by atoms with Gasteiger partial charge in [0.15, 0.2) is 0 Å². The number of methoxy groups -OCH3 is 1. The second kappa shape index (κ2) is 16.7. The van der Waals surface area contributed by atoms with Crippen molar-refractivity contribution in [2.24, 2.45) is 0 Å². The normalized spacial score (nSPS) is 15.5. The van der Waals surface area contributed by atoms with Gasteiger partial charge in [-0.25, -0.2) is 4.79 Å². The van der Waals surface area contributed by atoms with E-state index in [0.717, 1.165) is 19.3 Å². The molecular formula is C28H43N3O5. The number of benzene rings is 1. The van der Waals surface area contributed by atoms with Crippen LogP contribution in [0.4, 0.5) is 0 Å². The average Bonchev–Trinajstić information content (AvgIpc) is 2.89. The van der Waals surface area contributed by atoms with E-state index >= 15 is 0 Å². The number of nitrogens with zero attached hydrogens (tertiary/aromatic N) is 1. The summed E-state index contributed by atoms with van der Waals surface area (Å²) in [5, 5.41) is 5.38. The highest BCUT2D eigenvalue weighted by Crippen LogP contribution is 2.13. The van der Waals surface area contributed by atoms with Crippen molar-refractivity contribution in [2.45, 2.75) is 90.0 Å². The topological polar surface area (TPSA) is 105 Å². The Morgan fingerprint density at radius 2 is 1.42 bits per heavy atom. The number of hydrogen-bond acceptors (Lipinski definition) is 5. The first kappa shape index (κ1) is 29.3. The largest absolute Gasteiger partial charge is 0.465 e. The highest BCUT2D eigenvalue weighted by atomic mass is 16.5. The molecule has 0 radical (unpaired) electrons. The van der Waals surface area contributed by atoms with Gasteiger partial charge in [0.05, 0.1) is 19.2 Å². The molecule has 1 aromatic carbocycles. The summed E-state index contributed by atoms with van der Waals surface area (Å²) in [5.41, 5.74) is 0.697. The van der Waals surface area contributed by atoms with Gasteiger partial charge in [0.25, 0.3) is 5.91 Å². The number of carbonyl (C=O) groups excluding carboxylic acids is 4. The van der Waals surface area contributed by atoms with E-state index in [2.05, 4.69) is 22.3 Å². The summed E-state index contributed by atoms with van der Waals surface area (Å²) >= 11 is 0. The van der Waals surface area contributed by atoms with Crippen LogP contribution >= 0.6 is 0 Å². The molecule has 1 aliphatic rings. The fraction of sp³-hybridized carbons (Fsp3) is 0.643. The van der Waals surface area contributed by atoms with Crippen LogP contribution in [0.5, 0.6) is 0 Å². The van der Waals surface area contributed by atoms with E-state index in [1.54, 1.807) is 4.90 Å². The Hall–Kier alpha value is -2.90. The zero-order chi connectivity index (χ0) is 26.2. The zero-order valence-electron chi connectivity index (χ0n) is 22.0. The number of esters is 1. The number of unbranched alkanes of at least 4 members (excludes halogenated alkanes) is 11. The third kappa shape index (κ3) is 10.4. The fourth-order valence-corrected chi connectivity index (χ4v) is 4.42. The predicted molar refractivity (Wildman–Crippen MR) is 140 cm³/mol. The van der Waals surface area contributed by atoms with Gasteiger partial charge in [-0.2, -0.15) is 0 Å². The monoisotopic (exact) mass is 501 g/mol. The standard InChI is InChI=1S/C28H43N3O5/c1-3-4-5-6-7-8-9-10-11-12-13-14-19-31-21-25(32)30-24(27(31)34)20-29-26(33)22-15-17-23(18-16-22)28(35)36-2/h15-18,24H,3-14,19-21H2,1-2H3,(H,29,33)(H,30,32)/t24-/m0/s1. The molecule has 1 aromatic rings. The van der Waals surface area contributed by atoms with Gasteiger partial charge in [0.2, 0.25) is 11.8 Å². The van der Waals surface area contributed by atoms with Crippen LogP contribution in [0, 0.1) is 0 Å². The van der Waals surface area contributed by atoms with Crippen LogP contribution in [0.25, 0.3) is 0 Å². The minimum Gasteiger partial charge on any atom is -0.465 e. The minimum absolute atomic E-state index is 0.0110. The molecule has 36 heavy (non-hydrogen) atoms. The molecule has 2 rings (SSSR count). The smallest absolute Gasteiger partial charge is 0.337 e. The Kier molecular flexibility index (Phi) is 13.6. The Bertz CT molecular complexity index is 840. The summed E-state index contributed by atoms with van der Waals surface area (Å²) in [7, 11) is 1.29. The van der Waals surface area contributed by atoms with Crippen LogP contribution in [0.15, 0.2) is 24.3 Å². The van der Waals surface area contributed by atoms with Gasteiger partial charge >= 0.3 is 5.97 Å². The number of hydrogen-bond donors (Lipinski definition) is 2. The van der Waals surface area contributed by atoms with Crippen LogP contribution in [-0.2, 0) is 14.3 Å². The van der Waals surface area contributed by atoms with Crippen LogP contribution < -0.4 is 10.6 Å². The van der Waals surface area contributed by atoms with Crippen molar-refractivity contribution >= 4 is 23.7 Å². The lowest BCUT2D eigenvalue weighted by molar-refractivity contribution is -0.144. The molecule has 8 heteroatoms. The molecule has 0 aromatic heterocycles. The maximum absolute atomic E-state index is 12.8. The minimum atomic E-state index is -0.776. The summed E-state index contributed by atoms with van der Waals surface area (Å²) in [6, 6.07) is 5.27. The number of nitrogens with one attached hydrogen (secondary N) is 2. The first-order valence-electron chi connectivity index (χ1n) is 13.5. The maximum atomic E-state index is 12.8. The van der Waals surface area contributed by atoms with Gasteiger partial charge in [-0.15, -0.1) is 0 Å². The number of amides is 3. The molecule has 1 fully saturated rings. The molecule has 8 nitrogen and oxygen atoms in total. The quantitative estimate of drug-likeness (QED) is 0.246. The lowest BCUT2D eigenvalue weighted by Crippen LogP contribution is -2.61. The third-order valence-corrected chi connectivity index (χ3v) is 6.60. The summed E-state index contributed by atoms with van der Waals surface area (Å²) in [6.45, 7) is 2.88. The summed E-state index contributed by atoms with van der Waals surface area (Å²) < 4.78 is 4.65. The fourth-order valence-electron chi connectivity index (χ4n) is 4.42. The van der Waals surface area contributed by atoms with Crippen LogP contribution in [0.1, 0.15) is 105 Å². The Balaban J connectivity index is 1.64. The lowest BCUT2D eigenvalue weighted by Gasteiger charge is -2.32.